The van der Waals surface area contributed by atoms with Crippen molar-refractivity contribution in [3.63, 3.8) is 0 Å². The average molecular weight is 576 g/mol. The Hall–Kier alpha value is -4.28. The summed E-state index contributed by atoms with van der Waals surface area (Å²) in [7, 11) is 0. The van der Waals surface area contributed by atoms with Crippen molar-refractivity contribution in [1.82, 2.24) is 19.9 Å². The fraction of sp³-hybridized carbons (Fsp3) is 0.344. The summed E-state index contributed by atoms with van der Waals surface area (Å²) in [6.45, 7) is 5.97. The number of carboxylic acids is 1. The zero-order chi connectivity index (χ0) is 30.4. The maximum Gasteiger partial charge on any atom is 0.268 e. The smallest absolute Gasteiger partial charge is 0.268 e. The molecule has 42 heavy (non-hydrogen) atoms. The van der Waals surface area contributed by atoms with Gasteiger partial charge in [-0.1, -0.05) is 42.5 Å². The molecule has 2 atom stereocenters. The second-order valence-corrected chi connectivity index (χ2v) is 10.7. The maximum absolute atomic E-state index is 14.0. The molecule has 9 nitrogen and oxygen atoms in total. The van der Waals surface area contributed by atoms with Crippen molar-refractivity contribution in [2.24, 2.45) is 0 Å². The molecule has 2 aromatic heterocycles. The number of imidazole rings is 1. The van der Waals surface area contributed by atoms with Crippen LogP contribution in [0.1, 0.15) is 66.9 Å². The van der Waals surface area contributed by atoms with E-state index >= 15 is 0 Å². The fourth-order valence-electron chi connectivity index (χ4n) is 5.31. The lowest BCUT2D eigenvalue weighted by molar-refractivity contribution is -0.307. The van der Waals surface area contributed by atoms with Gasteiger partial charge in [-0.3, -0.25) is 4.79 Å². The molecular weight excluding hydrogens is 539 g/mol. The van der Waals surface area contributed by atoms with Gasteiger partial charge in [-0.15, -0.1) is 0 Å². The predicted molar refractivity (Wildman–Crippen MR) is 155 cm³/mol. The van der Waals surface area contributed by atoms with Crippen LogP contribution in [0.2, 0.25) is 0 Å². The van der Waals surface area contributed by atoms with Gasteiger partial charge < -0.3 is 35.0 Å². The Balaban J connectivity index is 1.85. The molecule has 1 amide bonds. The third-order valence-electron chi connectivity index (χ3n) is 7.07. The van der Waals surface area contributed by atoms with Gasteiger partial charge >= 0.3 is 0 Å². The van der Waals surface area contributed by atoms with Crippen molar-refractivity contribution in [3.8, 4) is 22.3 Å². The topological polar surface area (TPSA) is 143 Å². The number of rotatable bonds is 13. The second kappa shape index (κ2) is 13.6. The Kier molecular flexibility index (Phi) is 9.92. The third-order valence-corrected chi connectivity index (χ3v) is 7.07. The first-order valence-corrected chi connectivity index (χ1v) is 14.0. The summed E-state index contributed by atoms with van der Waals surface area (Å²) in [5, 5.41) is 34.6. The standard InChI is InChI=1S/C32H37FN4O5/c1-19(2)37-26(14-13-24(38)15-25(39)16-28(40)41)29(22-9-11-23(33)12-10-22)30(21-7-5-4-6-8-21)31(37)32(42)35-18-27-34-17-20(3)36-27/h4-12,17,19,24-25,38-39H,13-16,18H2,1-3H3,(H,34,36)(H,35,42)(H,40,41)/p-1/t24-,25-/m1/s1. The number of nitrogens with zero attached hydrogens (tertiary/aromatic N) is 2. The van der Waals surface area contributed by atoms with Crippen molar-refractivity contribution in [3.05, 3.63) is 89.5 Å². The van der Waals surface area contributed by atoms with Crippen LogP contribution in [0.15, 0.2) is 60.8 Å². The van der Waals surface area contributed by atoms with Crippen LogP contribution in [-0.2, 0) is 17.8 Å². The summed E-state index contributed by atoms with van der Waals surface area (Å²) in [6, 6.07) is 15.4. The van der Waals surface area contributed by atoms with Crippen molar-refractivity contribution in [2.45, 2.75) is 71.2 Å². The second-order valence-electron chi connectivity index (χ2n) is 10.7. The first-order chi connectivity index (χ1) is 20.0. The van der Waals surface area contributed by atoms with E-state index in [-0.39, 0.29) is 31.3 Å². The van der Waals surface area contributed by atoms with E-state index in [4.69, 9.17) is 0 Å². The summed E-state index contributed by atoms with van der Waals surface area (Å²) in [5.74, 6) is -1.50. The highest BCUT2D eigenvalue weighted by Crippen LogP contribution is 2.42. The molecule has 0 radical (unpaired) electrons. The van der Waals surface area contributed by atoms with Gasteiger partial charge in [0.05, 0.1) is 18.8 Å². The van der Waals surface area contributed by atoms with Crippen LogP contribution in [0, 0.1) is 12.7 Å². The van der Waals surface area contributed by atoms with Crippen molar-refractivity contribution >= 4 is 11.9 Å². The number of benzene rings is 2. The van der Waals surface area contributed by atoms with Crippen LogP contribution in [0.5, 0.6) is 0 Å². The lowest BCUT2D eigenvalue weighted by Gasteiger charge is -2.20. The van der Waals surface area contributed by atoms with Gasteiger partial charge in [0.15, 0.2) is 0 Å². The van der Waals surface area contributed by atoms with E-state index in [2.05, 4.69) is 15.3 Å². The zero-order valence-corrected chi connectivity index (χ0v) is 23.9. The van der Waals surface area contributed by atoms with Gasteiger partial charge in [0.1, 0.15) is 17.3 Å². The van der Waals surface area contributed by atoms with Gasteiger partial charge in [0.2, 0.25) is 0 Å². The Bertz CT molecular complexity index is 1510. The van der Waals surface area contributed by atoms with Crippen molar-refractivity contribution in [2.75, 3.05) is 0 Å². The number of carboxylic acid groups (broad SMARTS) is 1. The number of halogens is 1. The first kappa shape index (κ1) is 30.7. The minimum Gasteiger partial charge on any atom is -0.550 e. The highest BCUT2D eigenvalue weighted by molar-refractivity contribution is 6.05. The number of H-pyrrole nitrogens is 1. The minimum absolute atomic E-state index is 0.135. The normalized spacial score (nSPS) is 12.8. The number of aromatic nitrogens is 3. The molecule has 0 spiro atoms. The largest absolute Gasteiger partial charge is 0.550 e. The SMILES string of the molecule is Cc1cnc(CNC(=O)c2c(-c3ccccc3)c(-c3ccc(F)cc3)c(CC[C@@H](O)C[C@@H](O)CC(=O)[O-])n2C(C)C)[nH]1. The summed E-state index contributed by atoms with van der Waals surface area (Å²) in [6.07, 6.45) is -0.777. The number of aliphatic carboxylic acids is 1. The number of amides is 1. The third kappa shape index (κ3) is 7.32. The lowest BCUT2D eigenvalue weighted by atomic mass is 9.92. The zero-order valence-electron chi connectivity index (χ0n) is 23.9. The molecule has 4 rings (SSSR count). The number of nitrogens with one attached hydrogen (secondary N) is 2. The summed E-state index contributed by atoms with van der Waals surface area (Å²) in [4.78, 5) is 32.3. The minimum atomic E-state index is -1.39. The quantitative estimate of drug-likeness (QED) is 0.192. The molecule has 222 valence electrons. The van der Waals surface area contributed by atoms with Gasteiger partial charge in [-0.2, -0.15) is 0 Å². The van der Waals surface area contributed by atoms with Gasteiger partial charge in [-0.25, -0.2) is 9.37 Å². The van der Waals surface area contributed by atoms with Crippen LogP contribution in [0.3, 0.4) is 0 Å². The predicted octanol–water partition coefficient (Wildman–Crippen LogP) is 3.69. The molecule has 0 saturated carbocycles. The number of carbonyl (C=O) groups excluding carboxylic acids is 2. The molecule has 0 aliphatic heterocycles. The van der Waals surface area contributed by atoms with Gasteiger partial charge in [0, 0.05) is 47.1 Å². The number of hydrogen-bond acceptors (Lipinski definition) is 6. The van der Waals surface area contributed by atoms with E-state index in [1.54, 1.807) is 18.3 Å². The number of aromatic amines is 1. The first-order valence-electron chi connectivity index (χ1n) is 14.0. The Labute approximate surface area is 244 Å². The fourth-order valence-corrected chi connectivity index (χ4v) is 5.31. The van der Waals surface area contributed by atoms with Gasteiger partial charge in [0.25, 0.3) is 5.91 Å². The van der Waals surface area contributed by atoms with Crippen LogP contribution >= 0.6 is 0 Å². The van der Waals surface area contributed by atoms with Crippen molar-refractivity contribution in [1.29, 1.82) is 0 Å². The number of aliphatic hydroxyl groups excluding tert-OH is 2. The molecule has 2 heterocycles. The Morgan fingerprint density at radius 3 is 2.29 bits per heavy atom. The summed E-state index contributed by atoms with van der Waals surface area (Å²) < 4.78 is 16.0. The average Bonchev–Trinajstić information content (AvgIpc) is 3.52. The number of hydrogen-bond donors (Lipinski definition) is 4. The maximum atomic E-state index is 14.0. The summed E-state index contributed by atoms with van der Waals surface area (Å²) in [5.41, 5.74) is 4.94. The lowest BCUT2D eigenvalue weighted by Crippen LogP contribution is -2.29. The molecule has 10 heteroatoms. The van der Waals surface area contributed by atoms with Crippen LogP contribution in [0.4, 0.5) is 4.39 Å². The van der Waals surface area contributed by atoms with E-state index in [0.717, 1.165) is 22.5 Å². The Morgan fingerprint density at radius 1 is 1.02 bits per heavy atom. The van der Waals surface area contributed by atoms with E-state index in [1.165, 1.54) is 12.1 Å². The van der Waals surface area contributed by atoms with Gasteiger partial charge in [-0.05, 0) is 63.3 Å². The number of carbonyl (C=O) groups is 2. The molecule has 0 fully saturated rings. The molecule has 0 aliphatic carbocycles. The molecule has 4 N–H and O–H groups in total. The van der Waals surface area contributed by atoms with Crippen LogP contribution in [0.25, 0.3) is 22.3 Å². The monoisotopic (exact) mass is 575 g/mol. The van der Waals surface area contributed by atoms with E-state index in [9.17, 15) is 29.3 Å². The van der Waals surface area contributed by atoms with E-state index in [1.807, 2.05) is 55.7 Å². The van der Waals surface area contributed by atoms with Crippen molar-refractivity contribution < 1.29 is 29.3 Å². The molecule has 2 aromatic carbocycles. The molecule has 0 aliphatic rings. The number of aliphatic hydroxyl groups is 2. The Morgan fingerprint density at radius 2 is 1.69 bits per heavy atom. The van der Waals surface area contributed by atoms with Crippen LogP contribution in [-0.4, -0.2) is 48.8 Å². The molecule has 4 aromatic rings. The molecule has 0 saturated heterocycles. The highest BCUT2D eigenvalue weighted by atomic mass is 19.1. The summed E-state index contributed by atoms with van der Waals surface area (Å²) >= 11 is 0. The van der Waals surface area contributed by atoms with E-state index in [0.29, 0.717) is 29.1 Å². The molecule has 0 unspecified atom stereocenters. The molecule has 0 bridgehead atoms. The number of aryl methyl sites for hydroxylation is 1. The highest BCUT2D eigenvalue weighted by Gasteiger charge is 2.30. The van der Waals surface area contributed by atoms with Crippen LogP contribution < -0.4 is 10.4 Å². The van der Waals surface area contributed by atoms with E-state index < -0.39 is 30.4 Å². The molecular formula is C32H36FN4O5-.